The zero-order valence-electron chi connectivity index (χ0n) is 28.0. The molecule has 0 aliphatic rings. The van der Waals surface area contributed by atoms with E-state index in [4.69, 9.17) is 0 Å². The molecule has 8 rings (SSSR count). The van der Waals surface area contributed by atoms with Gasteiger partial charge in [0, 0.05) is 0 Å². The Morgan fingerprint density at radius 3 is 0.340 bits per heavy atom. The monoisotopic (exact) mass is 678 g/mol. The first-order valence-electron chi connectivity index (χ1n) is 17.3. The van der Waals surface area contributed by atoms with Crippen molar-refractivity contribution in [2.75, 3.05) is 0 Å². The molecule has 8 aromatic carbocycles. The Labute approximate surface area is 296 Å². The molecule has 0 unspecified atom stereocenters. The molecular formula is C48H40P2. The van der Waals surface area contributed by atoms with Crippen molar-refractivity contribution in [3.05, 3.63) is 243 Å². The van der Waals surface area contributed by atoms with Gasteiger partial charge in [-0.05, 0) is 0 Å². The molecule has 0 saturated carbocycles. The van der Waals surface area contributed by atoms with Crippen LogP contribution in [0, 0.1) is 0 Å². The van der Waals surface area contributed by atoms with Gasteiger partial charge in [0.05, 0.1) is 0 Å². The van der Waals surface area contributed by atoms with Crippen molar-refractivity contribution in [1.82, 2.24) is 0 Å². The molecule has 0 fully saturated rings. The molecule has 0 nitrogen and oxygen atoms in total. The fourth-order valence-corrected chi connectivity index (χ4v) is 37.0. The average molecular weight is 679 g/mol. The number of benzene rings is 8. The maximum absolute atomic E-state index is 4.19. The van der Waals surface area contributed by atoms with E-state index < -0.39 is 12.6 Å². The molecule has 0 heterocycles. The van der Waals surface area contributed by atoms with Gasteiger partial charge in [-0.25, -0.2) is 0 Å². The van der Waals surface area contributed by atoms with Gasteiger partial charge in [0.25, 0.3) is 0 Å². The topological polar surface area (TPSA) is 0 Å². The summed E-state index contributed by atoms with van der Waals surface area (Å²) in [5.41, 5.74) is 0. The standard InChI is InChI=1S/C48H40P2/c1-9-25-41(26-10-1)49(42-27-11-2-12-28-42,43-29-13-3-14-30-43,44-31-15-4-16-32-44)50(45-33-17-5-18-34-45,46-35-19-6-20-36-46,47-37-21-7-22-38-47)48-39-23-8-24-40-48/h1-40H. The van der Waals surface area contributed by atoms with E-state index in [2.05, 4.69) is 243 Å². The molecule has 0 radical (unpaired) electrons. The van der Waals surface area contributed by atoms with Gasteiger partial charge in [-0.1, -0.05) is 0 Å². The maximum atomic E-state index is 2.43. The molecule has 0 aliphatic carbocycles. The second-order valence-corrected chi connectivity index (χ2v) is 26.0. The Morgan fingerprint density at radius 2 is 0.240 bits per heavy atom. The third-order valence-electron chi connectivity index (χ3n) is 10.9. The van der Waals surface area contributed by atoms with Crippen molar-refractivity contribution >= 4 is 55.0 Å². The van der Waals surface area contributed by atoms with Crippen LogP contribution in [0.3, 0.4) is 0 Å². The normalized spacial score (nSPS) is 13.3. The summed E-state index contributed by atoms with van der Waals surface area (Å²) >= 11 is 0. The summed E-state index contributed by atoms with van der Waals surface area (Å²) < 4.78 is 0. The predicted octanol–water partition coefficient (Wildman–Crippen LogP) is 8.61. The average Bonchev–Trinajstić information content (AvgIpc) is 3.23. The van der Waals surface area contributed by atoms with Crippen molar-refractivity contribution in [1.29, 1.82) is 0 Å². The van der Waals surface area contributed by atoms with Crippen LogP contribution in [0.15, 0.2) is 243 Å². The van der Waals surface area contributed by atoms with Gasteiger partial charge in [0.2, 0.25) is 0 Å². The predicted molar refractivity (Wildman–Crippen MR) is 222 cm³/mol. The third-order valence-corrected chi connectivity index (χ3v) is 33.2. The Morgan fingerprint density at radius 1 is 0.140 bits per heavy atom. The van der Waals surface area contributed by atoms with E-state index in [1.807, 2.05) is 0 Å². The summed E-state index contributed by atoms with van der Waals surface area (Å²) in [6, 6.07) is 92.3. The zero-order chi connectivity index (χ0) is 33.8. The van der Waals surface area contributed by atoms with Crippen molar-refractivity contribution in [3.63, 3.8) is 0 Å². The van der Waals surface area contributed by atoms with Crippen LogP contribution in [0.5, 0.6) is 0 Å². The molecular weight excluding hydrogens is 638 g/mol. The van der Waals surface area contributed by atoms with Gasteiger partial charge in [-0.2, -0.15) is 0 Å². The minimum absolute atomic E-state index is 1.33. The van der Waals surface area contributed by atoms with E-state index in [-0.39, 0.29) is 0 Å². The molecule has 8 aromatic rings. The molecule has 50 heavy (non-hydrogen) atoms. The summed E-state index contributed by atoms with van der Waals surface area (Å²) in [4.78, 5) is 0. The summed E-state index contributed by atoms with van der Waals surface area (Å²) in [7, 11) is 0. The van der Waals surface area contributed by atoms with Crippen LogP contribution in [0.25, 0.3) is 0 Å². The SMILES string of the molecule is c1ccc(P(c2ccccc2)(c2ccccc2)(c2ccccc2)P(c2ccccc2)(c2ccccc2)(c2ccccc2)c2ccccc2)cc1. The van der Waals surface area contributed by atoms with E-state index in [0.29, 0.717) is 0 Å². The van der Waals surface area contributed by atoms with E-state index in [1.165, 1.54) is 42.4 Å². The first-order chi connectivity index (χ1) is 24.8. The molecule has 2 heteroatoms. The van der Waals surface area contributed by atoms with Crippen LogP contribution in [0.1, 0.15) is 0 Å². The molecule has 0 spiro atoms. The van der Waals surface area contributed by atoms with Crippen LogP contribution in [0.2, 0.25) is 0 Å². The van der Waals surface area contributed by atoms with Crippen molar-refractivity contribution in [2.45, 2.75) is 0 Å². The number of rotatable bonds is 9. The molecule has 0 saturated heterocycles. The van der Waals surface area contributed by atoms with E-state index in [1.54, 1.807) is 0 Å². The third kappa shape index (κ3) is 3.84. The molecule has 0 aliphatic heterocycles. The Balaban J connectivity index is 1.94. The van der Waals surface area contributed by atoms with Crippen molar-refractivity contribution < 1.29 is 0 Å². The first kappa shape index (κ1) is 31.9. The molecule has 242 valence electrons. The van der Waals surface area contributed by atoms with Crippen LogP contribution in [0.4, 0.5) is 0 Å². The summed E-state index contributed by atoms with van der Waals surface area (Å²) in [5.74, 6) is 0. The van der Waals surface area contributed by atoms with E-state index in [0.717, 1.165) is 0 Å². The second kappa shape index (κ2) is 12.8. The molecule has 0 amide bonds. The zero-order valence-corrected chi connectivity index (χ0v) is 29.8. The van der Waals surface area contributed by atoms with E-state index in [9.17, 15) is 0 Å². The molecule has 0 N–H and O–H groups in total. The van der Waals surface area contributed by atoms with Gasteiger partial charge >= 0.3 is 298 Å². The fraction of sp³-hybridized carbons (Fsp3) is 0. The minimum atomic E-state index is -4.19. The summed E-state index contributed by atoms with van der Waals surface area (Å²) in [6.07, 6.45) is -8.39. The van der Waals surface area contributed by atoms with Gasteiger partial charge in [0.1, 0.15) is 0 Å². The van der Waals surface area contributed by atoms with Crippen LogP contribution in [-0.2, 0) is 0 Å². The first-order valence-corrected chi connectivity index (χ1v) is 22.5. The van der Waals surface area contributed by atoms with Gasteiger partial charge in [0.15, 0.2) is 0 Å². The number of hydrogen-bond acceptors (Lipinski definition) is 0. The Kier molecular flexibility index (Phi) is 8.17. The Hall–Kier alpha value is -5.38. The van der Waals surface area contributed by atoms with Gasteiger partial charge < -0.3 is 0 Å². The molecule has 0 atom stereocenters. The van der Waals surface area contributed by atoms with Crippen LogP contribution in [-0.4, -0.2) is 0 Å². The number of hydrogen-bond donors (Lipinski definition) is 0. The second-order valence-electron chi connectivity index (χ2n) is 12.8. The molecule has 0 aromatic heterocycles. The van der Waals surface area contributed by atoms with Crippen molar-refractivity contribution in [2.24, 2.45) is 0 Å². The van der Waals surface area contributed by atoms with Crippen molar-refractivity contribution in [3.8, 4) is 0 Å². The summed E-state index contributed by atoms with van der Waals surface area (Å²) in [5, 5.41) is 10.7. The molecule has 0 bridgehead atoms. The fourth-order valence-electron chi connectivity index (χ4n) is 9.38. The van der Waals surface area contributed by atoms with E-state index >= 15 is 0 Å². The van der Waals surface area contributed by atoms with Crippen LogP contribution >= 0.6 is 12.6 Å². The quantitative estimate of drug-likeness (QED) is 0.134. The van der Waals surface area contributed by atoms with Gasteiger partial charge in [-0.3, -0.25) is 0 Å². The van der Waals surface area contributed by atoms with Crippen LogP contribution < -0.4 is 42.4 Å². The Bertz CT molecular complexity index is 1790. The van der Waals surface area contributed by atoms with Gasteiger partial charge in [-0.15, -0.1) is 0 Å². The summed E-state index contributed by atoms with van der Waals surface area (Å²) in [6.45, 7) is 0.